The molecule has 1 saturated heterocycles. The van der Waals surface area contributed by atoms with Crippen LogP contribution in [0, 0.1) is 10.1 Å². The number of thioether (sulfide) groups is 1. The minimum atomic E-state index is -0.458. The maximum Gasteiger partial charge on any atom is 0.270 e. The van der Waals surface area contributed by atoms with Gasteiger partial charge in [0.25, 0.3) is 11.6 Å². The van der Waals surface area contributed by atoms with E-state index in [1.165, 1.54) is 28.8 Å². The van der Waals surface area contributed by atoms with Gasteiger partial charge < -0.3 is 4.90 Å². The zero-order valence-electron chi connectivity index (χ0n) is 15.5. The van der Waals surface area contributed by atoms with Crippen LogP contribution in [0.3, 0.4) is 0 Å². The molecule has 1 aliphatic rings. The zero-order valence-corrected chi connectivity index (χ0v) is 17.1. The van der Waals surface area contributed by atoms with Crippen LogP contribution in [-0.4, -0.2) is 28.2 Å². The van der Waals surface area contributed by atoms with Crippen LogP contribution in [0.4, 0.5) is 17.1 Å². The Morgan fingerprint density at radius 3 is 2.46 bits per heavy atom. The molecule has 0 bridgehead atoms. The lowest BCUT2D eigenvalue weighted by molar-refractivity contribution is -0.384. The van der Waals surface area contributed by atoms with Gasteiger partial charge in [-0.1, -0.05) is 36.1 Å². The van der Waals surface area contributed by atoms with E-state index in [0.29, 0.717) is 20.5 Å². The molecule has 0 spiro atoms. The van der Waals surface area contributed by atoms with Crippen molar-refractivity contribution < 1.29 is 9.72 Å². The summed E-state index contributed by atoms with van der Waals surface area (Å²) in [5, 5.41) is 10.9. The smallest absolute Gasteiger partial charge is 0.270 e. The van der Waals surface area contributed by atoms with Crippen LogP contribution in [0.2, 0.25) is 0 Å². The first-order valence-corrected chi connectivity index (χ1v) is 10.0. The monoisotopic (exact) mass is 413 g/mol. The molecule has 1 fully saturated rings. The van der Waals surface area contributed by atoms with E-state index in [9.17, 15) is 14.9 Å². The molecule has 0 radical (unpaired) electrons. The minimum absolute atomic E-state index is 0.0174. The summed E-state index contributed by atoms with van der Waals surface area (Å²) in [6.07, 6.45) is 1.64. The predicted molar refractivity (Wildman–Crippen MR) is 119 cm³/mol. The molecule has 2 aromatic rings. The molecule has 3 rings (SSSR count). The standard InChI is InChI=1S/C20H19N3O3S2/c1-3-21(4-2)15-8-10-16(11-9-15)22-19(24)18(28-20(22)27)13-14-6-5-7-17(12-14)23(25)26/h5-13H,3-4H2,1-2H3/b18-13-. The number of non-ortho nitro benzene ring substituents is 1. The Kier molecular flexibility index (Phi) is 6.11. The van der Waals surface area contributed by atoms with Gasteiger partial charge in [-0.15, -0.1) is 0 Å². The summed E-state index contributed by atoms with van der Waals surface area (Å²) < 4.78 is 0.442. The lowest BCUT2D eigenvalue weighted by Crippen LogP contribution is -2.27. The van der Waals surface area contributed by atoms with Gasteiger partial charge in [-0.3, -0.25) is 19.8 Å². The highest BCUT2D eigenvalue weighted by atomic mass is 32.2. The van der Waals surface area contributed by atoms with Crippen LogP contribution in [-0.2, 0) is 4.79 Å². The Labute approximate surface area is 173 Å². The number of nitrogens with zero attached hydrogens (tertiary/aromatic N) is 3. The third-order valence-corrected chi connectivity index (χ3v) is 5.71. The molecular weight excluding hydrogens is 394 g/mol. The fraction of sp³-hybridized carbons (Fsp3) is 0.200. The van der Waals surface area contributed by atoms with Crippen molar-refractivity contribution in [1.29, 1.82) is 0 Å². The van der Waals surface area contributed by atoms with Crippen LogP contribution < -0.4 is 9.80 Å². The first kappa shape index (κ1) is 20.0. The number of anilines is 2. The molecule has 0 saturated carbocycles. The van der Waals surface area contributed by atoms with Gasteiger partial charge in [-0.2, -0.15) is 0 Å². The second-order valence-corrected chi connectivity index (χ2v) is 7.73. The van der Waals surface area contributed by atoms with Crippen molar-refractivity contribution in [3.05, 3.63) is 69.1 Å². The van der Waals surface area contributed by atoms with Gasteiger partial charge >= 0.3 is 0 Å². The second kappa shape index (κ2) is 8.53. The maximum absolute atomic E-state index is 12.9. The average Bonchev–Trinajstić information content (AvgIpc) is 2.97. The Bertz CT molecular complexity index is 953. The quantitative estimate of drug-likeness (QED) is 0.292. The summed E-state index contributed by atoms with van der Waals surface area (Å²) >= 11 is 6.59. The topological polar surface area (TPSA) is 66.7 Å². The minimum Gasteiger partial charge on any atom is -0.372 e. The lowest BCUT2D eigenvalue weighted by Gasteiger charge is -2.22. The van der Waals surface area contributed by atoms with Crippen molar-refractivity contribution in [1.82, 2.24) is 0 Å². The molecule has 0 N–H and O–H groups in total. The van der Waals surface area contributed by atoms with Crippen molar-refractivity contribution in [2.24, 2.45) is 0 Å². The highest BCUT2D eigenvalue weighted by molar-refractivity contribution is 8.27. The van der Waals surface area contributed by atoms with Gasteiger partial charge in [0.1, 0.15) is 0 Å². The van der Waals surface area contributed by atoms with Gasteiger partial charge in [0.15, 0.2) is 4.32 Å². The van der Waals surface area contributed by atoms with Crippen LogP contribution in [0.1, 0.15) is 19.4 Å². The normalized spacial score (nSPS) is 15.4. The molecule has 144 valence electrons. The molecular formula is C20H19N3O3S2. The molecule has 0 atom stereocenters. The van der Waals surface area contributed by atoms with Crippen molar-refractivity contribution in [3.63, 3.8) is 0 Å². The van der Waals surface area contributed by atoms with Crippen LogP contribution in [0.5, 0.6) is 0 Å². The van der Waals surface area contributed by atoms with Gasteiger partial charge in [0, 0.05) is 30.9 Å². The highest BCUT2D eigenvalue weighted by Crippen LogP contribution is 2.36. The predicted octanol–water partition coefficient (Wildman–Crippen LogP) is 4.85. The molecule has 1 amide bonds. The van der Waals surface area contributed by atoms with Crippen molar-refractivity contribution in [2.45, 2.75) is 13.8 Å². The van der Waals surface area contributed by atoms with E-state index in [1.54, 1.807) is 18.2 Å². The third-order valence-electron chi connectivity index (χ3n) is 4.41. The van der Waals surface area contributed by atoms with Crippen LogP contribution in [0.15, 0.2) is 53.4 Å². The summed E-state index contributed by atoms with van der Waals surface area (Å²) in [5.74, 6) is -0.225. The number of nitro groups is 1. The highest BCUT2D eigenvalue weighted by Gasteiger charge is 2.33. The average molecular weight is 414 g/mol. The van der Waals surface area contributed by atoms with Gasteiger partial charge in [-0.25, -0.2) is 0 Å². The Balaban J connectivity index is 1.86. The lowest BCUT2D eigenvalue weighted by atomic mass is 10.2. The summed E-state index contributed by atoms with van der Waals surface area (Å²) in [7, 11) is 0. The molecule has 6 nitrogen and oxygen atoms in total. The first-order chi connectivity index (χ1) is 13.4. The SMILES string of the molecule is CCN(CC)c1ccc(N2C(=O)/C(=C/c3cccc([N+](=O)[O-])c3)SC2=S)cc1. The van der Waals surface area contributed by atoms with E-state index in [2.05, 4.69) is 18.7 Å². The Morgan fingerprint density at radius 2 is 1.86 bits per heavy atom. The fourth-order valence-corrected chi connectivity index (χ4v) is 4.27. The Morgan fingerprint density at radius 1 is 1.18 bits per heavy atom. The molecule has 1 aliphatic heterocycles. The number of hydrogen-bond donors (Lipinski definition) is 0. The number of carbonyl (C=O) groups excluding carboxylic acids is 1. The molecule has 8 heteroatoms. The number of amides is 1. The number of hydrogen-bond acceptors (Lipinski definition) is 6. The molecule has 0 aliphatic carbocycles. The summed E-state index contributed by atoms with van der Waals surface area (Å²) in [4.78, 5) is 27.5. The van der Waals surface area contributed by atoms with E-state index < -0.39 is 4.92 Å². The number of rotatable bonds is 6. The number of nitro benzene ring substituents is 1. The zero-order chi connectivity index (χ0) is 20.3. The second-order valence-electron chi connectivity index (χ2n) is 6.06. The number of carbonyl (C=O) groups is 1. The summed E-state index contributed by atoms with van der Waals surface area (Å²) in [5.41, 5.74) is 2.37. The van der Waals surface area contributed by atoms with E-state index in [-0.39, 0.29) is 11.6 Å². The van der Waals surface area contributed by atoms with E-state index >= 15 is 0 Å². The van der Waals surface area contributed by atoms with E-state index in [4.69, 9.17) is 12.2 Å². The van der Waals surface area contributed by atoms with E-state index in [0.717, 1.165) is 18.8 Å². The number of thiocarbonyl (C=S) groups is 1. The molecule has 0 unspecified atom stereocenters. The largest absolute Gasteiger partial charge is 0.372 e. The first-order valence-electron chi connectivity index (χ1n) is 8.82. The summed E-state index contributed by atoms with van der Waals surface area (Å²) in [6.45, 7) is 6.00. The van der Waals surface area contributed by atoms with Gasteiger partial charge in [-0.05, 0) is 49.8 Å². The molecule has 28 heavy (non-hydrogen) atoms. The van der Waals surface area contributed by atoms with Crippen molar-refractivity contribution >= 4 is 57.3 Å². The van der Waals surface area contributed by atoms with Crippen molar-refractivity contribution in [2.75, 3.05) is 22.9 Å². The van der Waals surface area contributed by atoms with Crippen LogP contribution in [0.25, 0.3) is 6.08 Å². The third kappa shape index (κ3) is 4.07. The van der Waals surface area contributed by atoms with Gasteiger partial charge in [0.05, 0.1) is 15.5 Å². The molecule has 2 aromatic carbocycles. The molecule has 1 heterocycles. The van der Waals surface area contributed by atoms with E-state index in [1.807, 2.05) is 24.3 Å². The fourth-order valence-electron chi connectivity index (χ4n) is 2.97. The number of benzene rings is 2. The van der Waals surface area contributed by atoms with Crippen LogP contribution >= 0.6 is 24.0 Å². The van der Waals surface area contributed by atoms with Gasteiger partial charge in [0.2, 0.25) is 0 Å². The summed E-state index contributed by atoms with van der Waals surface area (Å²) in [6, 6.07) is 13.9. The molecule has 0 aromatic heterocycles. The van der Waals surface area contributed by atoms with Crippen molar-refractivity contribution in [3.8, 4) is 0 Å². The maximum atomic E-state index is 12.9. The Hall–Kier alpha value is -2.71.